The van der Waals surface area contributed by atoms with Crippen molar-refractivity contribution in [2.45, 2.75) is 57.8 Å². The smallest absolute Gasteiger partial charge is 0.255 e. The number of amides is 1. The molecule has 2 rings (SSSR count). The fourth-order valence-electron chi connectivity index (χ4n) is 3.22. The lowest BCUT2D eigenvalue weighted by Gasteiger charge is -2.18. The molecular weight excluding hydrogens is 412 g/mol. The molecule has 0 radical (unpaired) electrons. The third kappa shape index (κ3) is 7.36. The number of carbonyl (C=O) groups is 1. The molecule has 2 aromatic carbocycles. The summed E-state index contributed by atoms with van der Waals surface area (Å²) < 4.78 is 32.2. The number of hydrogen-bond donors (Lipinski definition) is 1. The Kier molecular flexibility index (Phi) is 10.0. The van der Waals surface area contributed by atoms with Crippen LogP contribution in [0.4, 0.5) is 5.69 Å². The van der Waals surface area contributed by atoms with Crippen molar-refractivity contribution in [3.8, 4) is 5.75 Å². The van der Waals surface area contributed by atoms with E-state index in [1.165, 1.54) is 42.1 Å². The van der Waals surface area contributed by atoms with Crippen molar-refractivity contribution in [3.05, 3.63) is 54.1 Å². The number of benzene rings is 2. The SMILES string of the molecule is CCCCCCCOc1ccc(C(=O)Nc2ccc(S(=O)(=O)N(CC)CC)cc2)cc1. The molecule has 0 aliphatic rings. The molecule has 6 nitrogen and oxygen atoms in total. The lowest BCUT2D eigenvalue weighted by Crippen LogP contribution is -2.30. The first-order valence-corrected chi connectivity index (χ1v) is 12.5. The van der Waals surface area contributed by atoms with Crippen molar-refractivity contribution in [2.24, 2.45) is 0 Å². The maximum atomic E-state index is 12.5. The Hall–Kier alpha value is -2.38. The van der Waals surface area contributed by atoms with Gasteiger partial charge in [0.15, 0.2) is 0 Å². The second kappa shape index (κ2) is 12.5. The van der Waals surface area contributed by atoms with Crippen LogP contribution >= 0.6 is 0 Å². The van der Waals surface area contributed by atoms with E-state index in [1.807, 2.05) is 0 Å². The Labute approximate surface area is 186 Å². The van der Waals surface area contributed by atoms with Gasteiger partial charge in [-0.3, -0.25) is 4.79 Å². The predicted octanol–water partition coefficient (Wildman–Crippen LogP) is 5.32. The van der Waals surface area contributed by atoms with Crippen LogP contribution in [0.2, 0.25) is 0 Å². The van der Waals surface area contributed by atoms with Gasteiger partial charge in [-0.1, -0.05) is 46.5 Å². The monoisotopic (exact) mass is 446 g/mol. The molecule has 170 valence electrons. The summed E-state index contributed by atoms with van der Waals surface area (Å²) in [6.07, 6.45) is 5.93. The molecule has 31 heavy (non-hydrogen) atoms. The third-order valence-electron chi connectivity index (χ3n) is 5.09. The standard InChI is InChI=1S/C24H34N2O4S/c1-4-7-8-9-10-19-30-22-15-11-20(12-16-22)24(27)25-21-13-17-23(18-14-21)31(28,29)26(5-2)6-3/h11-18H,4-10,19H2,1-3H3,(H,25,27). The molecule has 1 N–H and O–H groups in total. The van der Waals surface area contributed by atoms with Gasteiger partial charge in [0.05, 0.1) is 11.5 Å². The Balaban J connectivity index is 1.90. The highest BCUT2D eigenvalue weighted by Gasteiger charge is 2.21. The van der Waals surface area contributed by atoms with E-state index < -0.39 is 10.0 Å². The number of carbonyl (C=O) groups excluding carboxylic acids is 1. The molecule has 0 unspecified atom stereocenters. The van der Waals surface area contributed by atoms with Crippen LogP contribution in [0.1, 0.15) is 63.2 Å². The summed E-state index contributed by atoms with van der Waals surface area (Å²) in [5.41, 5.74) is 1.05. The molecule has 0 spiro atoms. The number of sulfonamides is 1. The fraction of sp³-hybridized carbons (Fsp3) is 0.458. The highest BCUT2D eigenvalue weighted by atomic mass is 32.2. The summed E-state index contributed by atoms with van der Waals surface area (Å²) >= 11 is 0. The molecule has 0 aromatic heterocycles. The Morgan fingerprint density at radius 2 is 1.48 bits per heavy atom. The van der Waals surface area contributed by atoms with Crippen LogP contribution in [-0.4, -0.2) is 38.3 Å². The quantitative estimate of drug-likeness (QED) is 0.423. The van der Waals surface area contributed by atoms with E-state index in [4.69, 9.17) is 4.74 Å². The van der Waals surface area contributed by atoms with Crippen molar-refractivity contribution < 1.29 is 17.9 Å². The lowest BCUT2D eigenvalue weighted by molar-refractivity contribution is 0.102. The van der Waals surface area contributed by atoms with Gasteiger partial charge in [-0.2, -0.15) is 4.31 Å². The van der Waals surface area contributed by atoms with E-state index in [0.717, 1.165) is 12.2 Å². The summed E-state index contributed by atoms with van der Waals surface area (Å²) in [6, 6.07) is 13.3. The average Bonchev–Trinajstić information content (AvgIpc) is 2.77. The molecule has 1 amide bonds. The second-order valence-corrected chi connectivity index (χ2v) is 9.29. The second-order valence-electron chi connectivity index (χ2n) is 7.35. The highest BCUT2D eigenvalue weighted by molar-refractivity contribution is 7.89. The summed E-state index contributed by atoms with van der Waals surface area (Å²) in [6.45, 7) is 7.31. The van der Waals surface area contributed by atoms with Crippen molar-refractivity contribution in [3.63, 3.8) is 0 Å². The molecule has 0 aliphatic carbocycles. The van der Waals surface area contributed by atoms with Crippen molar-refractivity contribution in [1.82, 2.24) is 4.31 Å². The molecule has 0 heterocycles. The van der Waals surface area contributed by atoms with E-state index in [1.54, 1.807) is 50.2 Å². The first-order chi connectivity index (χ1) is 14.9. The molecule has 0 saturated carbocycles. The molecule has 2 aromatic rings. The van der Waals surface area contributed by atoms with Gasteiger partial charge >= 0.3 is 0 Å². The topological polar surface area (TPSA) is 75.7 Å². The van der Waals surface area contributed by atoms with Gasteiger partial charge in [0.2, 0.25) is 10.0 Å². The normalized spacial score (nSPS) is 11.5. The number of rotatable bonds is 13. The van der Waals surface area contributed by atoms with Crippen LogP contribution in [0.25, 0.3) is 0 Å². The van der Waals surface area contributed by atoms with Gasteiger partial charge in [-0.05, 0) is 55.0 Å². The number of nitrogens with zero attached hydrogens (tertiary/aromatic N) is 1. The van der Waals surface area contributed by atoms with Gasteiger partial charge in [0, 0.05) is 24.3 Å². The zero-order valence-corrected chi connectivity index (χ0v) is 19.6. The zero-order valence-electron chi connectivity index (χ0n) is 18.8. The van der Waals surface area contributed by atoms with Crippen LogP contribution in [0, 0.1) is 0 Å². The number of ether oxygens (including phenoxy) is 1. The van der Waals surface area contributed by atoms with Gasteiger partial charge < -0.3 is 10.1 Å². The van der Waals surface area contributed by atoms with Crippen LogP contribution < -0.4 is 10.1 Å². The lowest BCUT2D eigenvalue weighted by atomic mass is 10.1. The van der Waals surface area contributed by atoms with Crippen LogP contribution in [0.3, 0.4) is 0 Å². The molecule has 0 aliphatic heterocycles. The summed E-state index contributed by atoms with van der Waals surface area (Å²) in [5, 5.41) is 2.80. The maximum Gasteiger partial charge on any atom is 0.255 e. The van der Waals surface area contributed by atoms with E-state index in [-0.39, 0.29) is 10.8 Å². The van der Waals surface area contributed by atoms with Crippen LogP contribution in [0.15, 0.2) is 53.4 Å². The fourth-order valence-corrected chi connectivity index (χ4v) is 4.68. The molecule has 7 heteroatoms. The van der Waals surface area contributed by atoms with Gasteiger partial charge in [-0.15, -0.1) is 0 Å². The third-order valence-corrected chi connectivity index (χ3v) is 7.15. The average molecular weight is 447 g/mol. The van der Waals surface area contributed by atoms with E-state index in [2.05, 4.69) is 12.2 Å². The maximum absolute atomic E-state index is 12.5. The van der Waals surface area contributed by atoms with Crippen molar-refractivity contribution >= 4 is 21.6 Å². The number of nitrogens with one attached hydrogen (secondary N) is 1. The number of unbranched alkanes of at least 4 members (excludes halogenated alkanes) is 4. The Bertz CT molecular complexity index is 906. The molecule has 0 atom stereocenters. The van der Waals surface area contributed by atoms with E-state index in [0.29, 0.717) is 30.9 Å². The van der Waals surface area contributed by atoms with Crippen LogP contribution in [-0.2, 0) is 10.0 Å². The summed E-state index contributed by atoms with van der Waals surface area (Å²) in [5.74, 6) is 0.489. The summed E-state index contributed by atoms with van der Waals surface area (Å²) in [4.78, 5) is 12.7. The highest BCUT2D eigenvalue weighted by Crippen LogP contribution is 2.19. The minimum atomic E-state index is -3.51. The van der Waals surface area contributed by atoms with Gasteiger partial charge in [0.25, 0.3) is 5.91 Å². The Morgan fingerprint density at radius 3 is 2.06 bits per heavy atom. The van der Waals surface area contributed by atoms with E-state index in [9.17, 15) is 13.2 Å². The number of hydrogen-bond acceptors (Lipinski definition) is 4. The first kappa shape index (κ1) is 24.9. The molecule has 0 saturated heterocycles. The largest absolute Gasteiger partial charge is 0.494 e. The molecular formula is C24H34N2O4S. The van der Waals surface area contributed by atoms with Gasteiger partial charge in [-0.25, -0.2) is 8.42 Å². The minimum absolute atomic E-state index is 0.213. The zero-order chi connectivity index (χ0) is 22.7. The Morgan fingerprint density at radius 1 is 0.871 bits per heavy atom. The molecule has 0 bridgehead atoms. The molecule has 0 fully saturated rings. The predicted molar refractivity (Wildman–Crippen MR) is 125 cm³/mol. The van der Waals surface area contributed by atoms with Crippen molar-refractivity contribution in [1.29, 1.82) is 0 Å². The first-order valence-electron chi connectivity index (χ1n) is 11.1. The minimum Gasteiger partial charge on any atom is -0.494 e. The number of anilines is 1. The van der Waals surface area contributed by atoms with Gasteiger partial charge in [0.1, 0.15) is 5.75 Å². The van der Waals surface area contributed by atoms with Crippen LogP contribution in [0.5, 0.6) is 5.75 Å². The van der Waals surface area contributed by atoms with Crippen molar-refractivity contribution in [2.75, 3.05) is 25.0 Å². The van der Waals surface area contributed by atoms with E-state index >= 15 is 0 Å². The summed E-state index contributed by atoms with van der Waals surface area (Å²) in [7, 11) is -3.51.